The summed E-state index contributed by atoms with van der Waals surface area (Å²) in [6, 6.07) is 96.8. The lowest BCUT2D eigenvalue weighted by Gasteiger charge is -2.20. The average molecular weight is 1560 g/mol. The molecule has 0 fully saturated rings. The number of benzene rings is 11. The van der Waals surface area contributed by atoms with Gasteiger partial charge in [-0.1, -0.05) is 494 Å². The van der Waals surface area contributed by atoms with Crippen molar-refractivity contribution in [1.29, 1.82) is 0 Å². The monoisotopic (exact) mass is 1550 g/mol. The van der Waals surface area contributed by atoms with Gasteiger partial charge in [-0.15, -0.1) is 6.58 Å². The van der Waals surface area contributed by atoms with Crippen LogP contribution in [0.25, 0.3) is 30.4 Å². The van der Waals surface area contributed by atoms with Crippen molar-refractivity contribution >= 4 is 138 Å². The Labute approximate surface area is 672 Å². The minimum absolute atomic E-state index is 0. The van der Waals surface area contributed by atoms with Crippen LogP contribution in [0.15, 0.2) is 319 Å². The molecule has 0 saturated carbocycles. The Balaban J connectivity index is -0.000000583. The third-order valence-corrected chi connectivity index (χ3v) is 18.9. The maximum Gasteiger partial charge on any atom is 0 e. The van der Waals surface area contributed by atoms with Gasteiger partial charge in [-0.2, -0.15) is 0 Å². The van der Waals surface area contributed by atoms with Gasteiger partial charge >= 0.3 is 0 Å². The van der Waals surface area contributed by atoms with Gasteiger partial charge in [0.05, 0.1) is 0 Å². The van der Waals surface area contributed by atoms with Crippen LogP contribution in [0.4, 0.5) is 0 Å². The first-order valence-electron chi connectivity index (χ1n) is 35.8. The van der Waals surface area contributed by atoms with Gasteiger partial charge < -0.3 is 0 Å². The normalized spacial score (nSPS) is 8.97. The van der Waals surface area contributed by atoms with Crippen molar-refractivity contribution in [1.82, 2.24) is 0 Å². The highest BCUT2D eigenvalue weighted by Crippen LogP contribution is 2.34. The average Bonchev–Trinajstić information content (AvgIpc) is 0.815. The van der Waals surface area contributed by atoms with Gasteiger partial charge in [-0.05, 0) is 176 Å². The summed E-state index contributed by atoms with van der Waals surface area (Å²) in [5, 5.41) is 8.23. The third kappa shape index (κ3) is 48.5. The van der Waals surface area contributed by atoms with Crippen molar-refractivity contribution in [2.24, 2.45) is 0 Å². The van der Waals surface area contributed by atoms with E-state index >= 15 is 0 Å². The molecule has 106 heavy (non-hydrogen) atoms. The van der Waals surface area contributed by atoms with E-state index in [4.69, 9.17) is 0 Å². The van der Waals surface area contributed by atoms with Gasteiger partial charge in [-0.3, -0.25) is 0 Å². The van der Waals surface area contributed by atoms with Crippen molar-refractivity contribution in [3.63, 3.8) is 0 Å². The summed E-state index contributed by atoms with van der Waals surface area (Å²) in [5.74, 6) is 0. The largest absolute Gasteiger partial charge is 0.103 e. The van der Waals surface area contributed by atoms with Crippen LogP contribution in [0.5, 0.6) is 0 Å². The van der Waals surface area contributed by atoms with Crippen molar-refractivity contribution in [2.45, 2.75) is 137 Å². The number of hydrogen-bond acceptors (Lipinski definition) is 3. The molecule has 0 amide bonds. The molecule has 0 aromatic heterocycles. The first-order valence-corrected chi connectivity index (χ1v) is 43.4. The molecule has 0 saturated heterocycles. The molecule has 8 heteroatoms. The van der Waals surface area contributed by atoms with Crippen molar-refractivity contribution in [3.8, 4) is 0 Å². The molecule has 0 unspecified atom stereocenters. The molecule has 560 valence electrons. The van der Waals surface area contributed by atoms with Crippen LogP contribution in [0, 0.1) is 69.2 Å². The van der Waals surface area contributed by atoms with E-state index in [1.807, 2.05) is 67.6 Å². The fourth-order valence-electron chi connectivity index (χ4n) is 8.46. The van der Waals surface area contributed by atoms with Gasteiger partial charge in [0.25, 0.3) is 0 Å². The summed E-state index contributed by atoms with van der Waals surface area (Å²) >= 11 is 11.7. The van der Waals surface area contributed by atoms with Crippen LogP contribution >= 0.6 is 39.9 Å². The first kappa shape index (κ1) is 102. The van der Waals surface area contributed by atoms with E-state index in [0.29, 0.717) is 0 Å². The minimum Gasteiger partial charge on any atom is -0.103 e. The second kappa shape index (κ2) is 67.9. The van der Waals surface area contributed by atoms with Crippen molar-refractivity contribution < 1.29 is 1.43 Å². The topological polar surface area (TPSA) is 0 Å². The van der Waals surface area contributed by atoms with Gasteiger partial charge in [0, 0.05) is 1.43 Å². The molecule has 0 spiro atoms. The zero-order valence-electron chi connectivity index (χ0n) is 66.9. The van der Waals surface area contributed by atoms with Crippen molar-refractivity contribution in [2.75, 3.05) is 0 Å². The molecule has 0 nitrogen and oxygen atoms in total. The molecule has 0 aliphatic carbocycles. The number of rotatable bonds is 11. The molecule has 0 radical (unpaired) electrons. The first-order chi connectivity index (χ1) is 51.2. The van der Waals surface area contributed by atoms with E-state index in [2.05, 4.69) is 452 Å². The highest BCUT2D eigenvalue weighted by Gasteiger charge is 2.18. The fraction of sp³-hybridized carbons (Fsp3) is 0.204. The van der Waals surface area contributed by atoms with Gasteiger partial charge in [0.1, 0.15) is 0 Å². The molecule has 0 N–H and O–H groups in total. The molecular formula is C98H125P5S3. The van der Waals surface area contributed by atoms with E-state index in [1.165, 1.54) is 118 Å². The van der Waals surface area contributed by atoms with E-state index in [0.717, 1.165) is 16.7 Å². The molecule has 11 aromatic rings. The zero-order valence-corrected chi connectivity index (χ0v) is 74.2. The third-order valence-electron chi connectivity index (χ3n) is 14.0. The maximum absolute atomic E-state index is 3.89. The molecule has 0 heterocycles. The Morgan fingerprint density at radius 3 is 0.462 bits per heavy atom. The molecule has 0 aliphatic rings. The Kier molecular flexibility index (Phi) is 65.6. The lowest BCUT2D eigenvalue weighted by atomic mass is 10.2. The predicted octanol–water partition coefficient (Wildman–Crippen LogP) is 29.1. The Morgan fingerprint density at radius 2 is 0.330 bits per heavy atom. The summed E-state index contributed by atoms with van der Waals surface area (Å²) in [7, 11) is 6.58. The van der Waals surface area contributed by atoms with Gasteiger partial charge in [0.2, 0.25) is 0 Å². The predicted molar refractivity (Wildman–Crippen MR) is 513 cm³/mol. The molecule has 11 rings (SSSR count). The molecular weight excluding hydrogens is 1430 g/mol. The summed E-state index contributed by atoms with van der Waals surface area (Å²) in [6.07, 6.45) is 14.8. The Bertz CT molecular complexity index is 3570. The van der Waals surface area contributed by atoms with Crippen LogP contribution in [0.2, 0.25) is 0 Å². The zero-order chi connectivity index (χ0) is 80.5. The SMILES string of the molecule is C=CC.C=Cc1ccc(C)cc1.C=Cc1ccc(P(c2ccc(C=C)cc2)c2ccc(C=C)cc2)cc1.C=Cc1ccccc1.CCC.CCC.CCC.Cc1ccc(C)cc1.Cc1ccc(C)cc1.Cc1ccc(C)cc1.Cc1ccc(P(c2ccc(C)cc2)c2ccc(C)cc2)cc1.P=S.P=S.P=S.[2HH]. The minimum atomic E-state index is -0.601. The number of allylic oxidation sites excluding steroid dienone is 1. The number of aryl methyl sites for hydroxylation is 10. The summed E-state index contributed by atoms with van der Waals surface area (Å²) in [6.45, 7) is 57.9. The molecule has 0 bridgehead atoms. The van der Waals surface area contributed by atoms with E-state index in [9.17, 15) is 0 Å². The molecule has 0 atom stereocenters. The lowest BCUT2D eigenvalue weighted by molar-refractivity contribution is 1.09. The van der Waals surface area contributed by atoms with E-state index in [-0.39, 0.29) is 1.43 Å². The van der Waals surface area contributed by atoms with Crippen molar-refractivity contribution in [3.05, 3.63) is 402 Å². The van der Waals surface area contributed by atoms with Gasteiger partial charge in [-0.25, -0.2) is 0 Å². The summed E-state index contributed by atoms with van der Waals surface area (Å²) in [4.78, 5) is 0. The second-order valence-corrected chi connectivity index (χ2v) is 28.7. The smallest absolute Gasteiger partial charge is 0 e. The van der Waals surface area contributed by atoms with E-state index < -0.39 is 15.8 Å². The van der Waals surface area contributed by atoms with Gasteiger partial charge in [0.15, 0.2) is 0 Å². The quantitative estimate of drug-likeness (QED) is 0.0936. The second-order valence-electron chi connectivity index (χ2n) is 24.3. The molecule has 11 aromatic carbocycles. The van der Waals surface area contributed by atoms with Crippen LogP contribution < -0.4 is 31.8 Å². The fourth-order valence-corrected chi connectivity index (χ4v) is 12.9. The van der Waals surface area contributed by atoms with Crippen LogP contribution in [0.1, 0.15) is 153 Å². The standard InChI is InChI=1S/C24H21P.C21H21P.C9H10.3C8H10.C8H8.3C3H8.C3H6.3HPS.H2/c1-4-19-7-13-22(14-8-19)25(23-15-9-20(5-2)10-16-23)24-17-11-21(6-3)12-18-24;1-16-4-10-19(11-5-16)22(20-12-6-17(2)7-13-20)21-14-8-18(3)9-15-21;1-3-9-6-4-8(2)5-7-9;3*1-7-3-5-8(2)6-4-7;1-2-8-6-4-3-5-7-8;4*1-3-2;3*1-2;/h4-18H,1-3H2;4-15H,1-3H3;3-7H,1H2,2H3;3*3-6H,1-2H3;2-7H,1H2;3*3H2,1-2H3;3H,1H2,2H3;3*1H;1H/i;;;;;;;;;;;;;;1+1. The Morgan fingerprint density at radius 1 is 0.226 bits per heavy atom. The number of hydrogen-bond donors (Lipinski definition) is 0. The summed E-state index contributed by atoms with van der Waals surface area (Å²) < 4.78 is 0. The summed E-state index contributed by atoms with van der Waals surface area (Å²) in [5.41, 5.74) is 19.0. The highest BCUT2D eigenvalue weighted by atomic mass is 32.4. The Hall–Kier alpha value is -7.72. The van der Waals surface area contributed by atoms with Crippen LogP contribution in [-0.4, -0.2) is 0 Å². The lowest BCUT2D eigenvalue weighted by Crippen LogP contribution is -2.20. The highest BCUT2D eigenvalue weighted by molar-refractivity contribution is 7.89. The van der Waals surface area contributed by atoms with Crippen LogP contribution in [-0.2, 0) is 35.4 Å². The van der Waals surface area contributed by atoms with E-state index in [1.54, 1.807) is 6.08 Å². The van der Waals surface area contributed by atoms with Crippen LogP contribution in [0.3, 0.4) is 0 Å². The molecule has 0 aliphatic heterocycles. The maximum atomic E-state index is 3.89.